The zero-order valence-electron chi connectivity index (χ0n) is 14.4. The third-order valence-corrected chi connectivity index (χ3v) is 5.08. The summed E-state index contributed by atoms with van der Waals surface area (Å²) in [7, 11) is 0. The van der Waals surface area contributed by atoms with Crippen LogP contribution in [0.4, 0.5) is 27.6 Å². The van der Waals surface area contributed by atoms with Gasteiger partial charge in [-0.1, -0.05) is 12.1 Å². The predicted octanol–water partition coefficient (Wildman–Crippen LogP) is 4.68. The van der Waals surface area contributed by atoms with E-state index in [0.717, 1.165) is 12.1 Å². The lowest BCUT2D eigenvalue weighted by molar-refractivity contribution is -0.266. The van der Waals surface area contributed by atoms with Crippen LogP contribution in [0.15, 0.2) is 48.5 Å². The minimum Gasteiger partial charge on any atom is -0.435 e. The van der Waals surface area contributed by atoms with Crippen molar-refractivity contribution in [3.05, 3.63) is 53.5 Å². The molecule has 0 fully saturated rings. The Morgan fingerprint density at radius 1 is 1.14 bits per heavy atom. The molecule has 1 heterocycles. The number of thiazole rings is 1. The molecule has 2 N–H and O–H groups in total. The Bertz CT molecular complexity index is 974. The lowest BCUT2D eigenvalue weighted by atomic mass is 9.99. The van der Waals surface area contributed by atoms with E-state index in [-0.39, 0.29) is 17.0 Å². The molecule has 1 aromatic heterocycles. The summed E-state index contributed by atoms with van der Waals surface area (Å²) in [6.07, 6.45) is -6.49. The molecule has 11 heteroatoms. The van der Waals surface area contributed by atoms with Crippen LogP contribution >= 0.6 is 11.3 Å². The first-order chi connectivity index (χ1) is 13.6. The maximum absolute atomic E-state index is 13.6. The first-order valence-electron chi connectivity index (χ1n) is 8.08. The van der Waals surface area contributed by atoms with Gasteiger partial charge in [0.25, 0.3) is 0 Å². The van der Waals surface area contributed by atoms with Gasteiger partial charge in [-0.2, -0.15) is 22.0 Å². The standard InChI is InChI=1S/C18H13F5N2O3S/c19-16(20)28-11-7-5-10(6-8-11)24-14(26)9-17(27,18(21,22)23)15-25-12-3-1-2-4-13(12)29-15/h1-8,16,27H,9H2,(H,24,26). The Labute approximate surface area is 164 Å². The molecule has 5 nitrogen and oxygen atoms in total. The normalized spacial score (nSPS) is 14.0. The summed E-state index contributed by atoms with van der Waals surface area (Å²) in [5.74, 6) is -1.31. The fourth-order valence-corrected chi connectivity index (χ4v) is 3.58. The van der Waals surface area contributed by atoms with Gasteiger partial charge in [-0.3, -0.25) is 4.79 Å². The number of hydrogen-bond donors (Lipinski definition) is 2. The molecule has 0 aliphatic carbocycles. The molecule has 2 aromatic carbocycles. The second kappa shape index (κ2) is 7.91. The van der Waals surface area contributed by atoms with Crippen LogP contribution in [0, 0.1) is 0 Å². The van der Waals surface area contributed by atoms with Gasteiger partial charge in [0, 0.05) is 5.69 Å². The molecule has 154 valence electrons. The minimum absolute atomic E-state index is 0.0467. The van der Waals surface area contributed by atoms with Gasteiger partial charge in [-0.05, 0) is 36.4 Å². The van der Waals surface area contributed by atoms with E-state index < -0.39 is 35.7 Å². The first-order valence-corrected chi connectivity index (χ1v) is 8.90. The van der Waals surface area contributed by atoms with Crippen LogP contribution in [-0.4, -0.2) is 28.8 Å². The van der Waals surface area contributed by atoms with Crippen LogP contribution in [0.1, 0.15) is 11.4 Å². The van der Waals surface area contributed by atoms with Gasteiger partial charge in [0.1, 0.15) is 10.8 Å². The highest BCUT2D eigenvalue weighted by Crippen LogP contribution is 2.44. The van der Waals surface area contributed by atoms with Crippen LogP contribution < -0.4 is 10.1 Å². The zero-order valence-corrected chi connectivity index (χ0v) is 15.2. The molecular weight excluding hydrogens is 419 g/mol. The number of anilines is 1. The fraction of sp³-hybridized carbons (Fsp3) is 0.222. The van der Waals surface area contributed by atoms with Crippen molar-refractivity contribution in [2.24, 2.45) is 0 Å². The monoisotopic (exact) mass is 432 g/mol. The SMILES string of the molecule is O=C(CC(O)(c1nc2ccccc2s1)C(F)(F)F)Nc1ccc(OC(F)F)cc1. The van der Waals surface area contributed by atoms with Crippen molar-refractivity contribution in [1.29, 1.82) is 0 Å². The second-order valence-electron chi connectivity index (χ2n) is 5.97. The molecule has 0 radical (unpaired) electrons. The molecule has 0 saturated carbocycles. The number of hydrogen-bond acceptors (Lipinski definition) is 5. The molecule has 0 bridgehead atoms. The highest BCUT2D eigenvalue weighted by atomic mass is 32.1. The van der Waals surface area contributed by atoms with Crippen LogP contribution in [-0.2, 0) is 10.4 Å². The third-order valence-electron chi connectivity index (χ3n) is 3.90. The largest absolute Gasteiger partial charge is 0.435 e. The Morgan fingerprint density at radius 3 is 2.38 bits per heavy atom. The number of nitrogens with one attached hydrogen (secondary N) is 1. The summed E-state index contributed by atoms with van der Waals surface area (Å²) in [5.41, 5.74) is -3.17. The molecule has 1 atom stereocenters. The predicted molar refractivity (Wildman–Crippen MR) is 95.9 cm³/mol. The molecule has 1 amide bonds. The van der Waals surface area contributed by atoms with E-state index in [9.17, 15) is 31.9 Å². The third kappa shape index (κ3) is 4.62. The van der Waals surface area contributed by atoms with Crippen molar-refractivity contribution in [2.75, 3.05) is 5.32 Å². The highest BCUT2D eigenvalue weighted by molar-refractivity contribution is 7.18. The van der Waals surface area contributed by atoms with E-state index >= 15 is 0 Å². The van der Waals surface area contributed by atoms with Gasteiger partial charge < -0.3 is 15.2 Å². The summed E-state index contributed by atoms with van der Waals surface area (Å²) in [6.45, 7) is -3.04. The topological polar surface area (TPSA) is 71.5 Å². The number of aliphatic hydroxyl groups is 1. The number of nitrogens with zero attached hydrogens (tertiary/aromatic N) is 1. The van der Waals surface area contributed by atoms with Gasteiger partial charge in [-0.25, -0.2) is 4.98 Å². The number of aromatic nitrogens is 1. The molecule has 1 unspecified atom stereocenters. The number of rotatable bonds is 6. The molecule has 0 spiro atoms. The number of amides is 1. The number of para-hydroxylation sites is 1. The number of halogens is 5. The number of fused-ring (bicyclic) bond motifs is 1. The number of carbonyl (C=O) groups excluding carboxylic acids is 1. The second-order valence-corrected chi connectivity index (χ2v) is 7.00. The fourth-order valence-electron chi connectivity index (χ4n) is 2.50. The van der Waals surface area contributed by atoms with Crippen LogP contribution in [0.5, 0.6) is 5.75 Å². The Kier molecular flexibility index (Phi) is 5.71. The lowest BCUT2D eigenvalue weighted by Crippen LogP contribution is -2.45. The maximum atomic E-state index is 13.6. The Balaban J connectivity index is 1.80. The van der Waals surface area contributed by atoms with E-state index in [4.69, 9.17) is 0 Å². The van der Waals surface area contributed by atoms with Gasteiger partial charge in [-0.15, -0.1) is 11.3 Å². The lowest BCUT2D eigenvalue weighted by Gasteiger charge is -2.27. The molecule has 0 aliphatic rings. The summed E-state index contributed by atoms with van der Waals surface area (Å²) >= 11 is 0.638. The average Bonchev–Trinajstić information content (AvgIpc) is 3.06. The van der Waals surface area contributed by atoms with E-state index in [1.54, 1.807) is 18.2 Å². The van der Waals surface area contributed by atoms with Gasteiger partial charge in [0.05, 0.1) is 16.6 Å². The summed E-state index contributed by atoms with van der Waals surface area (Å²) < 4.78 is 69.8. The van der Waals surface area contributed by atoms with Crippen LogP contribution in [0.25, 0.3) is 10.2 Å². The number of ether oxygens (including phenoxy) is 1. The van der Waals surface area contributed by atoms with E-state index in [0.29, 0.717) is 16.0 Å². The van der Waals surface area contributed by atoms with Crippen molar-refractivity contribution in [3.8, 4) is 5.75 Å². The van der Waals surface area contributed by atoms with E-state index in [2.05, 4.69) is 15.0 Å². The van der Waals surface area contributed by atoms with Gasteiger partial charge >= 0.3 is 12.8 Å². The summed E-state index contributed by atoms with van der Waals surface area (Å²) in [5, 5.41) is 11.9. The quantitative estimate of drug-likeness (QED) is 0.555. The molecule has 0 saturated heterocycles. The Hall–Kier alpha value is -2.79. The van der Waals surface area contributed by atoms with E-state index in [1.807, 2.05) is 0 Å². The molecule has 3 aromatic rings. The first kappa shape index (κ1) is 20.9. The van der Waals surface area contributed by atoms with Gasteiger partial charge in [0.15, 0.2) is 0 Å². The number of benzene rings is 2. The molecule has 29 heavy (non-hydrogen) atoms. The minimum atomic E-state index is -5.16. The zero-order chi connectivity index (χ0) is 21.2. The number of alkyl halides is 5. The van der Waals surface area contributed by atoms with Crippen molar-refractivity contribution in [1.82, 2.24) is 4.98 Å². The van der Waals surface area contributed by atoms with Crippen molar-refractivity contribution >= 4 is 33.1 Å². The highest BCUT2D eigenvalue weighted by Gasteiger charge is 2.58. The molecular formula is C18H13F5N2O3S. The number of carbonyl (C=O) groups is 1. The maximum Gasteiger partial charge on any atom is 0.424 e. The van der Waals surface area contributed by atoms with Crippen molar-refractivity contribution in [2.45, 2.75) is 24.8 Å². The van der Waals surface area contributed by atoms with Crippen LogP contribution in [0.3, 0.4) is 0 Å². The van der Waals surface area contributed by atoms with Crippen LogP contribution in [0.2, 0.25) is 0 Å². The molecule has 0 aliphatic heterocycles. The molecule has 3 rings (SSSR count). The van der Waals surface area contributed by atoms with Gasteiger partial charge in [0.2, 0.25) is 11.5 Å². The Morgan fingerprint density at radius 2 is 1.79 bits per heavy atom. The van der Waals surface area contributed by atoms with Crippen molar-refractivity contribution < 1.29 is 36.6 Å². The average molecular weight is 432 g/mol. The summed E-state index contributed by atoms with van der Waals surface area (Å²) in [6, 6.07) is 10.8. The summed E-state index contributed by atoms with van der Waals surface area (Å²) in [4.78, 5) is 16.0. The smallest absolute Gasteiger partial charge is 0.424 e. The van der Waals surface area contributed by atoms with E-state index in [1.165, 1.54) is 18.2 Å². The van der Waals surface area contributed by atoms with Crippen molar-refractivity contribution in [3.63, 3.8) is 0 Å².